The van der Waals surface area contributed by atoms with Crippen LogP contribution in [0.15, 0.2) is 60.9 Å². The molecule has 0 amide bonds. The van der Waals surface area contributed by atoms with Crippen molar-refractivity contribution in [3.63, 3.8) is 0 Å². The van der Waals surface area contributed by atoms with Crippen LogP contribution in [0.3, 0.4) is 0 Å². The van der Waals surface area contributed by atoms with Gasteiger partial charge in [-0.15, -0.1) is 0 Å². The molecule has 1 aromatic heterocycles. The Balaban J connectivity index is 2.07. The average molecular weight is 220 g/mol. The molecule has 0 unspecified atom stereocenters. The molecule has 81 valence electrons. The second kappa shape index (κ2) is 3.91. The summed E-state index contributed by atoms with van der Waals surface area (Å²) < 4.78 is 1.62. The smallest absolute Gasteiger partial charge is 0.261 e. The molecule has 0 fully saturated rings. The Morgan fingerprint density at radius 2 is 1.53 bits per heavy atom. The Labute approximate surface area is 99.1 Å². The molecule has 0 N–H and O–H groups in total. The van der Waals surface area contributed by atoms with E-state index in [4.69, 9.17) is 0 Å². The highest BCUT2D eigenvalue weighted by Gasteiger charge is 2.08. The second-order valence-electron chi connectivity index (χ2n) is 3.89. The van der Waals surface area contributed by atoms with Gasteiger partial charge in [-0.1, -0.05) is 36.4 Å². The minimum absolute atomic E-state index is 0.0183. The first kappa shape index (κ1) is 9.85. The lowest BCUT2D eigenvalue weighted by molar-refractivity contribution is 0.0960. The predicted molar refractivity (Wildman–Crippen MR) is 66.9 cm³/mol. The van der Waals surface area contributed by atoms with Crippen molar-refractivity contribution in [1.29, 1.82) is 0 Å². The van der Waals surface area contributed by atoms with Crippen molar-refractivity contribution in [3.8, 4) is 0 Å². The monoisotopic (exact) mass is 220 g/mol. The number of carbonyl (C=O) groups excluding carboxylic acids is 1. The molecule has 0 saturated heterocycles. The topological polar surface area (TPSA) is 22.0 Å². The molecule has 3 rings (SSSR count). The molecule has 2 nitrogen and oxygen atoms in total. The molecule has 0 spiro atoms. The summed E-state index contributed by atoms with van der Waals surface area (Å²) in [5, 5.41) is 2.15. The quantitative estimate of drug-likeness (QED) is 0.617. The molecule has 2 heteroatoms. The van der Waals surface area contributed by atoms with Crippen LogP contribution < -0.4 is 0 Å². The average Bonchev–Trinajstić information content (AvgIpc) is 2.82. The molecule has 0 atom stereocenters. The van der Waals surface area contributed by atoms with Crippen molar-refractivity contribution < 1.29 is 4.79 Å². The second-order valence-corrected chi connectivity index (χ2v) is 3.89. The third-order valence-electron chi connectivity index (χ3n) is 2.75. The van der Waals surface area contributed by atoms with Gasteiger partial charge in [0.1, 0.15) is 0 Å². The first-order valence-corrected chi connectivity index (χ1v) is 5.42. The highest BCUT2D eigenvalue weighted by atomic mass is 16.2. The summed E-state index contributed by atoms with van der Waals surface area (Å²) in [6, 6.07) is 17.9. The molecule has 1 radical (unpaired) electrons. The summed E-state index contributed by atoms with van der Waals surface area (Å²) in [5.41, 5.74) is 0.670. The van der Waals surface area contributed by atoms with Crippen molar-refractivity contribution in [3.05, 3.63) is 72.6 Å². The van der Waals surface area contributed by atoms with E-state index in [1.807, 2.05) is 36.7 Å². The van der Waals surface area contributed by atoms with Crippen molar-refractivity contribution >= 4 is 16.7 Å². The number of rotatable bonds is 1. The number of nitrogens with zero attached hydrogens (tertiary/aromatic N) is 1. The summed E-state index contributed by atoms with van der Waals surface area (Å²) in [4.78, 5) is 12.2. The van der Waals surface area contributed by atoms with Gasteiger partial charge in [-0.3, -0.25) is 9.36 Å². The lowest BCUT2D eigenvalue weighted by Crippen LogP contribution is -2.08. The Morgan fingerprint density at radius 1 is 0.941 bits per heavy atom. The number of fused-ring (bicyclic) bond motifs is 1. The number of aromatic nitrogens is 1. The first-order chi connectivity index (χ1) is 8.34. The maximum absolute atomic E-state index is 12.2. The van der Waals surface area contributed by atoms with E-state index in [1.54, 1.807) is 28.8 Å². The van der Waals surface area contributed by atoms with Crippen LogP contribution in [0.25, 0.3) is 10.8 Å². The first-order valence-electron chi connectivity index (χ1n) is 5.42. The van der Waals surface area contributed by atoms with Gasteiger partial charge in [0.15, 0.2) is 0 Å². The van der Waals surface area contributed by atoms with Crippen LogP contribution in [0.2, 0.25) is 0 Å². The fourth-order valence-electron chi connectivity index (χ4n) is 1.88. The van der Waals surface area contributed by atoms with Crippen LogP contribution in [-0.2, 0) is 0 Å². The Kier molecular flexibility index (Phi) is 2.26. The van der Waals surface area contributed by atoms with Crippen LogP contribution in [0.1, 0.15) is 10.4 Å². The zero-order chi connectivity index (χ0) is 11.7. The lowest BCUT2D eigenvalue weighted by atomic mass is 10.2. The van der Waals surface area contributed by atoms with E-state index >= 15 is 0 Å². The normalized spacial score (nSPS) is 10.6. The van der Waals surface area contributed by atoms with E-state index in [0.29, 0.717) is 5.56 Å². The van der Waals surface area contributed by atoms with Gasteiger partial charge in [0.05, 0.1) is 0 Å². The zero-order valence-electron chi connectivity index (χ0n) is 9.13. The Morgan fingerprint density at radius 3 is 2.12 bits per heavy atom. The Bertz CT molecular complexity index is 634. The van der Waals surface area contributed by atoms with E-state index < -0.39 is 0 Å². The summed E-state index contributed by atoms with van der Waals surface area (Å²) >= 11 is 0. The zero-order valence-corrected chi connectivity index (χ0v) is 9.13. The fraction of sp³-hybridized carbons (Fsp3) is 0. The van der Waals surface area contributed by atoms with E-state index in [0.717, 1.165) is 10.8 Å². The van der Waals surface area contributed by atoms with Crippen molar-refractivity contribution in [2.24, 2.45) is 0 Å². The summed E-state index contributed by atoms with van der Waals surface area (Å²) in [5.74, 6) is -0.0183. The summed E-state index contributed by atoms with van der Waals surface area (Å²) in [6.07, 6.45) is 3.71. The molecule has 1 heterocycles. The van der Waals surface area contributed by atoms with Crippen molar-refractivity contribution in [2.45, 2.75) is 0 Å². The van der Waals surface area contributed by atoms with Crippen LogP contribution in [-0.4, -0.2) is 10.5 Å². The molecule has 0 saturated carbocycles. The van der Waals surface area contributed by atoms with Crippen molar-refractivity contribution in [1.82, 2.24) is 4.57 Å². The Hall–Kier alpha value is -2.35. The maximum Gasteiger partial charge on any atom is 0.261 e. The molecular formula is C15H10NO. The number of hydrogen-bond acceptors (Lipinski definition) is 1. The molecule has 0 aliphatic rings. The van der Waals surface area contributed by atoms with Gasteiger partial charge in [-0.05, 0) is 29.0 Å². The fourth-order valence-corrected chi connectivity index (χ4v) is 1.88. The standard InChI is InChI=1S/C15H10NO/c17-15(12-6-2-1-3-7-12)16-10-13-8-4-5-9-14(13)11-16/h2-11H. The molecule has 17 heavy (non-hydrogen) atoms. The minimum atomic E-state index is -0.0183. The lowest BCUT2D eigenvalue weighted by Gasteiger charge is -2.00. The van der Waals surface area contributed by atoms with Crippen LogP contribution in [0.4, 0.5) is 0 Å². The maximum atomic E-state index is 12.2. The number of carbonyl (C=O) groups is 1. The van der Waals surface area contributed by atoms with Gasteiger partial charge >= 0.3 is 0 Å². The van der Waals surface area contributed by atoms with E-state index in [9.17, 15) is 4.79 Å². The van der Waals surface area contributed by atoms with E-state index in [2.05, 4.69) is 6.07 Å². The van der Waals surface area contributed by atoms with Crippen molar-refractivity contribution in [2.75, 3.05) is 0 Å². The van der Waals surface area contributed by atoms with Gasteiger partial charge in [0.2, 0.25) is 0 Å². The number of benzene rings is 2. The third-order valence-corrected chi connectivity index (χ3v) is 2.75. The molecule has 0 aliphatic carbocycles. The highest BCUT2D eigenvalue weighted by Crippen LogP contribution is 2.15. The minimum Gasteiger partial charge on any atom is -0.289 e. The predicted octanol–water partition coefficient (Wildman–Crippen LogP) is 3.13. The van der Waals surface area contributed by atoms with Gasteiger partial charge in [-0.25, -0.2) is 0 Å². The highest BCUT2D eigenvalue weighted by molar-refractivity contribution is 5.99. The van der Waals surface area contributed by atoms with Gasteiger partial charge < -0.3 is 0 Å². The molecule has 2 aromatic carbocycles. The van der Waals surface area contributed by atoms with Gasteiger partial charge in [0.25, 0.3) is 5.91 Å². The van der Waals surface area contributed by atoms with Crippen LogP contribution >= 0.6 is 0 Å². The van der Waals surface area contributed by atoms with Crippen LogP contribution in [0, 0.1) is 6.07 Å². The third kappa shape index (κ3) is 1.74. The van der Waals surface area contributed by atoms with E-state index in [1.165, 1.54) is 0 Å². The molecule has 3 aromatic rings. The van der Waals surface area contributed by atoms with Gasteiger partial charge in [-0.2, -0.15) is 0 Å². The SMILES string of the molecule is O=C(c1cc[c]cc1)n1cc2ccccc2c1. The number of hydrogen-bond donors (Lipinski definition) is 0. The molecular weight excluding hydrogens is 210 g/mol. The van der Waals surface area contributed by atoms with Crippen LogP contribution in [0.5, 0.6) is 0 Å². The molecule has 0 aliphatic heterocycles. The van der Waals surface area contributed by atoms with Gasteiger partial charge in [0, 0.05) is 18.0 Å². The van der Waals surface area contributed by atoms with E-state index in [-0.39, 0.29) is 5.91 Å². The summed E-state index contributed by atoms with van der Waals surface area (Å²) in [6.45, 7) is 0. The largest absolute Gasteiger partial charge is 0.289 e. The molecule has 0 bridgehead atoms. The summed E-state index contributed by atoms with van der Waals surface area (Å²) in [7, 11) is 0.